The van der Waals surface area contributed by atoms with Crippen LogP contribution in [0.4, 0.5) is 0 Å². The minimum atomic E-state index is -1.40. The Morgan fingerprint density at radius 1 is 1.03 bits per heavy atom. The summed E-state index contributed by atoms with van der Waals surface area (Å²) in [5.74, 6) is -5.37. The number of hydrogen-bond donors (Lipinski definition) is 1. The highest BCUT2D eigenvalue weighted by Crippen LogP contribution is 2.45. The fraction of sp³-hybridized carbons (Fsp3) is 0.880. The first-order valence-electron chi connectivity index (χ1n) is 12.4. The van der Waals surface area contributed by atoms with E-state index in [9.17, 15) is 14.4 Å². The number of carbonyl (C=O) groups is 3. The van der Waals surface area contributed by atoms with Gasteiger partial charge < -0.3 is 29.0 Å². The van der Waals surface area contributed by atoms with Crippen LogP contribution >= 0.6 is 0 Å². The molecule has 0 aromatic rings. The summed E-state index contributed by atoms with van der Waals surface area (Å²) >= 11 is 0. The van der Waals surface area contributed by atoms with Crippen molar-refractivity contribution in [3.8, 4) is 0 Å². The Hall–Kier alpha value is -1.71. The molecule has 9 nitrogen and oxygen atoms in total. The van der Waals surface area contributed by atoms with Gasteiger partial charge >= 0.3 is 11.9 Å². The fourth-order valence-electron chi connectivity index (χ4n) is 6.05. The highest BCUT2D eigenvalue weighted by molar-refractivity contribution is 6.01. The fourth-order valence-corrected chi connectivity index (χ4v) is 6.05. The van der Waals surface area contributed by atoms with Crippen LogP contribution in [0.25, 0.3) is 0 Å². The van der Waals surface area contributed by atoms with Crippen LogP contribution in [0.5, 0.6) is 0 Å². The summed E-state index contributed by atoms with van der Waals surface area (Å²) in [7, 11) is 0. The Balaban J connectivity index is 1.60. The van der Waals surface area contributed by atoms with Gasteiger partial charge in [0, 0.05) is 5.54 Å². The second-order valence-electron chi connectivity index (χ2n) is 12.4. The minimum absolute atomic E-state index is 0.0419. The average molecular weight is 482 g/mol. The van der Waals surface area contributed by atoms with Crippen molar-refractivity contribution in [1.29, 1.82) is 0 Å². The van der Waals surface area contributed by atoms with Gasteiger partial charge in [-0.2, -0.15) is 0 Å². The number of rotatable bonds is 5. The van der Waals surface area contributed by atoms with Gasteiger partial charge in [-0.25, -0.2) is 0 Å². The molecule has 3 saturated heterocycles. The topological polar surface area (TPSA) is 109 Å². The van der Waals surface area contributed by atoms with Crippen LogP contribution in [0, 0.1) is 17.3 Å². The standard InChI is InChI=1S/C25H39NO8/c1-23(2,3)12-24(4,5)26-19(27)14-15(20(28)30-13-10-8-9-11-13)21(29)31-17-16(14)32-22-18(17)33-25(6,7)34-22/h13-18,22H,8-12H2,1-7H3,(H,26,27)/t14-,15+,16+,17-,18+,22+/m0/s1. The molecule has 1 amide bonds. The first kappa shape index (κ1) is 25.4. The first-order chi connectivity index (χ1) is 15.7. The van der Waals surface area contributed by atoms with E-state index in [4.69, 9.17) is 23.7 Å². The molecular weight excluding hydrogens is 442 g/mol. The SMILES string of the molecule is CC(C)(C)CC(C)(C)NC(=O)[C@H]1[C@H](C(=O)OC2CCCC2)C(=O)O[C@@H]2[C@H]3OC(C)(C)O[C@H]3O[C@@H]21. The molecule has 9 heteroatoms. The maximum absolute atomic E-state index is 13.7. The third kappa shape index (κ3) is 5.26. The number of nitrogens with one attached hydrogen (secondary N) is 1. The van der Waals surface area contributed by atoms with E-state index in [1.807, 2.05) is 13.8 Å². The normalized spacial score (nSPS) is 35.4. The maximum Gasteiger partial charge on any atom is 0.321 e. The predicted molar refractivity (Wildman–Crippen MR) is 120 cm³/mol. The van der Waals surface area contributed by atoms with Gasteiger partial charge in [-0.1, -0.05) is 20.8 Å². The summed E-state index contributed by atoms with van der Waals surface area (Å²) in [4.78, 5) is 40.0. The molecule has 0 aromatic heterocycles. The summed E-state index contributed by atoms with van der Waals surface area (Å²) in [6.45, 7) is 13.6. The lowest BCUT2D eigenvalue weighted by molar-refractivity contribution is -0.237. The molecule has 4 aliphatic rings. The average Bonchev–Trinajstić information content (AvgIpc) is 3.33. The Kier molecular flexibility index (Phi) is 6.53. The number of hydrogen-bond acceptors (Lipinski definition) is 8. The Morgan fingerprint density at radius 3 is 2.29 bits per heavy atom. The first-order valence-corrected chi connectivity index (χ1v) is 12.4. The zero-order valence-electron chi connectivity index (χ0n) is 21.3. The van der Waals surface area contributed by atoms with Gasteiger partial charge in [0.05, 0.1) is 5.92 Å². The Morgan fingerprint density at radius 2 is 1.68 bits per heavy atom. The summed E-state index contributed by atoms with van der Waals surface area (Å²) in [6, 6.07) is 0. The monoisotopic (exact) mass is 481 g/mol. The molecule has 1 N–H and O–H groups in total. The van der Waals surface area contributed by atoms with Crippen molar-refractivity contribution < 1.29 is 38.1 Å². The van der Waals surface area contributed by atoms with Crippen molar-refractivity contribution >= 4 is 17.8 Å². The van der Waals surface area contributed by atoms with Crippen molar-refractivity contribution in [1.82, 2.24) is 5.32 Å². The second-order valence-corrected chi connectivity index (χ2v) is 12.4. The zero-order valence-corrected chi connectivity index (χ0v) is 21.3. The highest BCUT2D eigenvalue weighted by Gasteiger charge is 2.65. The van der Waals surface area contributed by atoms with Crippen molar-refractivity contribution in [2.24, 2.45) is 17.3 Å². The molecule has 0 unspecified atom stereocenters. The molecule has 1 saturated carbocycles. The number of carbonyl (C=O) groups excluding carboxylic acids is 3. The molecule has 0 aromatic carbocycles. The molecule has 1 aliphatic carbocycles. The van der Waals surface area contributed by atoms with E-state index >= 15 is 0 Å². The highest BCUT2D eigenvalue weighted by atomic mass is 16.8. The van der Waals surface area contributed by atoms with E-state index in [0.29, 0.717) is 6.42 Å². The van der Waals surface area contributed by atoms with Gasteiger partial charge in [0.1, 0.15) is 12.2 Å². The van der Waals surface area contributed by atoms with Crippen molar-refractivity contribution in [2.75, 3.05) is 0 Å². The van der Waals surface area contributed by atoms with Crippen LogP contribution in [0.3, 0.4) is 0 Å². The largest absolute Gasteiger partial charge is 0.462 e. The molecule has 3 heterocycles. The second kappa shape index (κ2) is 8.75. The Labute approximate surface area is 201 Å². The van der Waals surface area contributed by atoms with Gasteiger partial charge in [0.2, 0.25) is 5.91 Å². The van der Waals surface area contributed by atoms with Crippen molar-refractivity contribution in [3.05, 3.63) is 0 Å². The molecule has 192 valence electrons. The van der Waals surface area contributed by atoms with Crippen LogP contribution < -0.4 is 5.32 Å². The minimum Gasteiger partial charge on any atom is -0.462 e. The Bertz CT molecular complexity index is 825. The molecule has 4 rings (SSSR count). The van der Waals surface area contributed by atoms with E-state index in [2.05, 4.69) is 26.1 Å². The van der Waals surface area contributed by atoms with E-state index in [1.165, 1.54) is 0 Å². The van der Waals surface area contributed by atoms with Crippen LogP contribution in [-0.4, -0.2) is 59.9 Å². The lowest BCUT2D eigenvalue weighted by atomic mass is 9.78. The molecule has 4 fully saturated rings. The van der Waals surface area contributed by atoms with Crippen molar-refractivity contribution in [3.63, 3.8) is 0 Å². The third-order valence-electron chi connectivity index (χ3n) is 6.82. The molecule has 3 aliphatic heterocycles. The van der Waals surface area contributed by atoms with Gasteiger partial charge in [0.15, 0.2) is 30.2 Å². The quantitative estimate of drug-likeness (QED) is 0.472. The van der Waals surface area contributed by atoms with Gasteiger partial charge in [-0.3, -0.25) is 14.4 Å². The molecule has 6 atom stereocenters. The van der Waals surface area contributed by atoms with Gasteiger partial charge in [-0.15, -0.1) is 0 Å². The summed E-state index contributed by atoms with van der Waals surface area (Å²) in [5.41, 5.74) is -0.616. The van der Waals surface area contributed by atoms with E-state index < -0.39 is 65.6 Å². The summed E-state index contributed by atoms with van der Waals surface area (Å²) in [5, 5.41) is 3.06. The molecular formula is C25H39NO8. The lowest BCUT2D eigenvalue weighted by Crippen LogP contribution is -2.60. The number of ether oxygens (including phenoxy) is 5. The van der Waals surface area contributed by atoms with Crippen LogP contribution in [0.15, 0.2) is 0 Å². The van der Waals surface area contributed by atoms with E-state index in [-0.39, 0.29) is 11.5 Å². The molecule has 0 spiro atoms. The van der Waals surface area contributed by atoms with Crippen molar-refractivity contribution in [2.45, 2.75) is 123 Å². The molecule has 34 heavy (non-hydrogen) atoms. The van der Waals surface area contributed by atoms with Gasteiger partial charge in [-0.05, 0) is 65.2 Å². The summed E-state index contributed by atoms with van der Waals surface area (Å²) < 4.78 is 29.1. The summed E-state index contributed by atoms with van der Waals surface area (Å²) in [6.07, 6.45) is 0.717. The molecule has 0 radical (unpaired) electrons. The molecule has 0 bridgehead atoms. The van der Waals surface area contributed by atoms with Crippen LogP contribution in [-0.2, 0) is 38.1 Å². The van der Waals surface area contributed by atoms with Gasteiger partial charge in [0.25, 0.3) is 0 Å². The van der Waals surface area contributed by atoms with E-state index in [0.717, 1.165) is 25.7 Å². The van der Waals surface area contributed by atoms with Crippen LogP contribution in [0.2, 0.25) is 0 Å². The predicted octanol–water partition coefficient (Wildman–Crippen LogP) is 2.84. The lowest BCUT2D eigenvalue weighted by Gasteiger charge is -2.40. The van der Waals surface area contributed by atoms with E-state index in [1.54, 1.807) is 13.8 Å². The smallest absolute Gasteiger partial charge is 0.321 e. The number of esters is 2. The zero-order chi connectivity index (χ0) is 25.1. The maximum atomic E-state index is 13.7. The van der Waals surface area contributed by atoms with Crippen LogP contribution in [0.1, 0.15) is 80.6 Å². The number of amides is 1. The third-order valence-corrected chi connectivity index (χ3v) is 6.82. The number of fused-ring (bicyclic) bond motifs is 3.